The summed E-state index contributed by atoms with van der Waals surface area (Å²) in [4.78, 5) is 0. The lowest BCUT2D eigenvalue weighted by molar-refractivity contribution is 0.417. The zero-order valence-electron chi connectivity index (χ0n) is 21.2. The first-order chi connectivity index (χ1) is 17.7. The van der Waals surface area contributed by atoms with E-state index in [9.17, 15) is 0 Å². The van der Waals surface area contributed by atoms with Crippen molar-refractivity contribution in [3.8, 4) is 16.9 Å². The Morgan fingerprint density at radius 1 is 0.611 bits per heavy atom. The molecular formula is C34H31OP. The van der Waals surface area contributed by atoms with Crippen LogP contribution in [0.15, 0.2) is 97.1 Å². The minimum absolute atomic E-state index is 0.762. The lowest BCUT2D eigenvalue weighted by Crippen LogP contribution is -2.26. The van der Waals surface area contributed by atoms with Gasteiger partial charge in [0.2, 0.25) is 0 Å². The Labute approximate surface area is 215 Å². The Hall–Kier alpha value is -3.41. The monoisotopic (exact) mass is 486 g/mol. The highest BCUT2D eigenvalue weighted by molar-refractivity contribution is 7.80. The third-order valence-electron chi connectivity index (χ3n) is 7.70. The summed E-state index contributed by atoms with van der Waals surface area (Å²) in [5, 5.41) is 6.77. The molecule has 0 aliphatic heterocycles. The lowest BCUT2D eigenvalue weighted by atomic mass is 9.88. The van der Waals surface area contributed by atoms with E-state index in [2.05, 4.69) is 111 Å². The van der Waals surface area contributed by atoms with E-state index in [0.29, 0.717) is 0 Å². The molecule has 0 atom stereocenters. The number of rotatable bonds is 5. The molecule has 0 radical (unpaired) electrons. The lowest BCUT2D eigenvalue weighted by Gasteiger charge is -2.29. The van der Waals surface area contributed by atoms with Crippen molar-refractivity contribution in [3.05, 3.63) is 119 Å². The fourth-order valence-corrected chi connectivity index (χ4v) is 8.79. The Bertz CT molecular complexity index is 1510. The summed E-state index contributed by atoms with van der Waals surface area (Å²) in [6.07, 6.45) is 3.58. The SMILES string of the molecule is COc1ccc2ccccc2c1-c1c(C)c2c(c(C)c1P(c1ccccc1)c1ccccc1)CCC2. The summed E-state index contributed by atoms with van der Waals surface area (Å²) in [5.41, 5.74) is 8.64. The standard InChI is InChI=1S/C34H31OP/c1-23-28-19-12-20-29(28)24(2)34(36(26-14-6-4-7-15-26)27-16-8-5-9-17-27)32(23)33-30-18-11-10-13-25(30)21-22-31(33)35-3/h4-11,13-18,21-22H,12,19-20H2,1-3H3. The first kappa shape index (κ1) is 23.0. The van der Waals surface area contributed by atoms with Crippen LogP contribution in [0.1, 0.15) is 28.7 Å². The van der Waals surface area contributed by atoms with E-state index in [1.807, 2.05) is 0 Å². The second kappa shape index (κ2) is 9.57. The van der Waals surface area contributed by atoms with E-state index >= 15 is 0 Å². The van der Waals surface area contributed by atoms with E-state index in [4.69, 9.17) is 4.74 Å². The van der Waals surface area contributed by atoms with Crippen molar-refractivity contribution >= 4 is 34.6 Å². The van der Waals surface area contributed by atoms with Crippen molar-refractivity contribution in [2.24, 2.45) is 0 Å². The van der Waals surface area contributed by atoms with Gasteiger partial charge in [0.05, 0.1) is 7.11 Å². The van der Waals surface area contributed by atoms with E-state index in [1.54, 1.807) is 18.2 Å². The predicted molar refractivity (Wildman–Crippen MR) is 156 cm³/mol. The van der Waals surface area contributed by atoms with Gasteiger partial charge >= 0.3 is 0 Å². The molecule has 1 aliphatic rings. The van der Waals surface area contributed by atoms with Gasteiger partial charge in [-0.25, -0.2) is 0 Å². The largest absolute Gasteiger partial charge is 0.496 e. The number of ether oxygens (including phenoxy) is 1. The number of hydrogen-bond acceptors (Lipinski definition) is 1. The van der Waals surface area contributed by atoms with Crippen LogP contribution in [0.4, 0.5) is 0 Å². The van der Waals surface area contributed by atoms with Crippen molar-refractivity contribution in [2.75, 3.05) is 7.11 Å². The van der Waals surface area contributed by atoms with Gasteiger partial charge < -0.3 is 4.74 Å². The molecule has 0 aromatic heterocycles. The summed E-state index contributed by atoms with van der Waals surface area (Å²) in [6, 6.07) is 35.3. The smallest absolute Gasteiger partial charge is 0.127 e. The van der Waals surface area contributed by atoms with E-state index in [1.165, 1.54) is 61.8 Å². The molecule has 6 rings (SSSR count). The van der Waals surface area contributed by atoms with Crippen LogP contribution < -0.4 is 20.7 Å². The van der Waals surface area contributed by atoms with Gasteiger partial charge in [-0.05, 0) is 102 Å². The number of methoxy groups -OCH3 is 1. The topological polar surface area (TPSA) is 9.23 Å². The van der Waals surface area contributed by atoms with Crippen LogP contribution in [0, 0.1) is 13.8 Å². The van der Waals surface area contributed by atoms with Gasteiger partial charge in [0, 0.05) is 5.56 Å². The molecule has 5 aromatic carbocycles. The summed E-state index contributed by atoms with van der Waals surface area (Å²) in [6.45, 7) is 4.73. The highest BCUT2D eigenvalue weighted by Crippen LogP contribution is 2.47. The van der Waals surface area contributed by atoms with Gasteiger partial charge in [-0.3, -0.25) is 0 Å². The van der Waals surface area contributed by atoms with Crippen LogP contribution in [0.2, 0.25) is 0 Å². The van der Waals surface area contributed by atoms with E-state index < -0.39 is 7.92 Å². The fourth-order valence-electron chi connectivity index (χ4n) is 6.06. The maximum Gasteiger partial charge on any atom is 0.127 e. The first-order valence-corrected chi connectivity index (χ1v) is 14.1. The molecule has 0 spiro atoms. The zero-order chi connectivity index (χ0) is 24.6. The molecule has 0 unspecified atom stereocenters. The van der Waals surface area contributed by atoms with Gasteiger partial charge in [0.25, 0.3) is 0 Å². The zero-order valence-corrected chi connectivity index (χ0v) is 22.1. The van der Waals surface area contributed by atoms with Crippen molar-refractivity contribution in [3.63, 3.8) is 0 Å². The molecular weight excluding hydrogens is 455 g/mol. The molecule has 2 heteroatoms. The minimum Gasteiger partial charge on any atom is -0.496 e. The normalized spacial score (nSPS) is 12.8. The molecule has 178 valence electrons. The van der Waals surface area contributed by atoms with E-state index in [0.717, 1.165) is 12.2 Å². The van der Waals surface area contributed by atoms with Crippen LogP contribution in [0.5, 0.6) is 5.75 Å². The average Bonchev–Trinajstić information content (AvgIpc) is 3.43. The quantitative estimate of drug-likeness (QED) is 0.236. The molecule has 0 fully saturated rings. The van der Waals surface area contributed by atoms with Crippen LogP contribution >= 0.6 is 7.92 Å². The second-order valence-electron chi connectivity index (χ2n) is 9.65. The predicted octanol–water partition coefficient (Wildman–Crippen LogP) is 7.38. The molecule has 0 saturated carbocycles. The highest BCUT2D eigenvalue weighted by atomic mass is 31.1. The van der Waals surface area contributed by atoms with Crippen molar-refractivity contribution in [1.29, 1.82) is 0 Å². The molecule has 0 heterocycles. The Morgan fingerprint density at radius 3 is 1.83 bits per heavy atom. The molecule has 1 nitrogen and oxygen atoms in total. The van der Waals surface area contributed by atoms with Crippen molar-refractivity contribution in [1.82, 2.24) is 0 Å². The van der Waals surface area contributed by atoms with Gasteiger partial charge in [-0.15, -0.1) is 0 Å². The van der Waals surface area contributed by atoms with Gasteiger partial charge in [-0.2, -0.15) is 0 Å². The fraction of sp³-hybridized carbons (Fsp3) is 0.176. The Morgan fingerprint density at radius 2 is 1.19 bits per heavy atom. The third kappa shape index (κ3) is 3.74. The summed E-state index contributed by atoms with van der Waals surface area (Å²) >= 11 is 0. The maximum absolute atomic E-state index is 6.08. The van der Waals surface area contributed by atoms with Crippen molar-refractivity contribution < 1.29 is 4.74 Å². The summed E-state index contributed by atoms with van der Waals surface area (Å²) in [7, 11) is 1.04. The van der Waals surface area contributed by atoms with Gasteiger partial charge in [0.15, 0.2) is 0 Å². The molecule has 0 amide bonds. The molecule has 5 aromatic rings. The number of benzene rings is 5. The van der Waals surface area contributed by atoms with Crippen LogP contribution in [0.25, 0.3) is 21.9 Å². The van der Waals surface area contributed by atoms with Gasteiger partial charge in [0.1, 0.15) is 5.75 Å². The van der Waals surface area contributed by atoms with Gasteiger partial charge in [-0.1, -0.05) is 91.0 Å². The first-order valence-electron chi connectivity index (χ1n) is 12.8. The molecule has 0 saturated heterocycles. The molecule has 0 N–H and O–H groups in total. The van der Waals surface area contributed by atoms with Crippen LogP contribution in [0.3, 0.4) is 0 Å². The summed E-state index contributed by atoms with van der Waals surface area (Å²) in [5.74, 6) is 0.950. The number of hydrogen-bond donors (Lipinski definition) is 0. The maximum atomic E-state index is 6.08. The minimum atomic E-state index is -0.762. The molecule has 0 bridgehead atoms. The second-order valence-corrected chi connectivity index (χ2v) is 11.8. The summed E-state index contributed by atoms with van der Waals surface area (Å²) < 4.78 is 6.08. The number of fused-ring (bicyclic) bond motifs is 2. The van der Waals surface area contributed by atoms with Crippen LogP contribution in [-0.2, 0) is 12.8 Å². The Balaban J connectivity index is 1.78. The highest BCUT2D eigenvalue weighted by Gasteiger charge is 2.31. The Kier molecular flexibility index (Phi) is 6.12. The molecule has 36 heavy (non-hydrogen) atoms. The average molecular weight is 487 g/mol. The van der Waals surface area contributed by atoms with E-state index in [-0.39, 0.29) is 0 Å². The molecule has 1 aliphatic carbocycles. The third-order valence-corrected chi connectivity index (χ3v) is 10.3. The van der Waals surface area contributed by atoms with Crippen LogP contribution in [-0.4, -0.2) is 7.11 Å². The van der Waals surface area contributed by atoms with Crippen molar-refractivity contribution in [2.45, 2.75) is 33.1 Å².